The number of hydrogen-bond acceptors (Lipinski definition) is 31. The van der Waals surface area contributed by atoms with Gasteiger partial charge < -0.3 is 155 Å². The summed E-state index contributed by atoms with van der Waals surface area (Å²) in [6.45, 7) is -3.42. The molecule has 6 saturated heterocycles. The van der Waals surface area contributed by atoms with Crippen LogP contribution in [0.2, 0.25) is 0 Å². The number of aliphatic hydroxyl groups excluding tert-OH is 17. The molecule has 0 aliphatic carbocycles. The Labute approximate surface area is 436 Å². The minimum atomic E-state index is -3.83. The molecular formula is C43H74F2N2O30. The van der Waals surface area contributed by atoms with Crippen molar-refractivity contribution in [3.63, 3.8) is 0 Å². The van der Waals surface area contributed by atoms with Gasteiger partial charge in [-0.3, -0.25) is 4.79 Å². The molecule has 0 saturated carbocycles. The Hall–Kier alpha value is -1.87. The second-order valence-corrected chi connectivity index (χ2v) is 19.3. The summed E-state index contributed by atoms with van der Waals surface area (Å²) in [6, 6.07) is -2.28. The lowest BCUT2D eigenvalue weighted by molar-refractivity contribution is -0.393. The zero-order valence-corrected chi connectivity index (χ0v) is 41.2. The number of aliphatic hydroxyl groups is 17. The minimum absolute atomic E-state index is 0.0860. The van der Waals surface area contributed by atoms with Gasteiger partial charge in [-0.05, 0) is 32.7 Å². The molecular weight excluding hydrogens is 1060 g/mol. The number of hydrogen-bond donors (Lipinski definition) is 19. The average Bonchev–Trinajstić information content (AvgIpc) is 3.42. The lowest BCUT2D eigenvalue weighted by Gasteiger charge is -2.51. The molecule has 0 radical (unpaired) electrons. The molecule has 450 valence electrons. The summed E-state index contributed by atoms with van der Waals surface area (Å²) >= 11 is 0. The molecule has 6 heterocycles. The summed E-state index contributed by atoms with van der Waals surface area (Å²) in [7, 11) is 0. The van der Waals surface area contributed by atoms with Crippen LogP contribution >= 0.6 is 0 Å². The third-order valence-corrected chi connectivity index (χ3v) is 14.0. The van der Waals surface area contributed by atoms with Crippen molar-refractivity contribution in [2.45, 2.75) is 217 Å². The van der Waals surface area contributed by atoms with E-state index in [0.717, 1.165) is 0 Å². The van der Waals surface area contributed by atoms with E-state index in [4.69, 9.17) is 62.6 Å². The van der Waals surface area contributed by atoms with Gasteiger partial charge in [-0.1, -0.05) is 0 Å². The normalized spacial score (nSPS) is 48.0. The topological polar surface area (TPSA) is 510 Å². The molecule has 6 rings (SSSR count). The highest BCUT2D eigenvalue weighted by Gasteiger charge is 2.58. The largest absolute Gasteiger partial charge is 0.394 e. The van der Waals surface area contributed by atoms with Gasteiger partial charge in [0.25, 0.3) is 5.91 Å². The fraction of sp³-hybridized carbons (Fsp3) is 0.977. The van der Waals surface area contributed by atoms with Crippen molar-refractivity contribution in [2.24, 2.45) is 5.73 Å². The van der Waals surface area contributed by atoms with Crippen molar-refractivity contribution < 1.29 is 157 Å². The van der Waals surface area contributed by atoms with E-state index >= 15 is 0 Å². The highest BCUT2D eigenvalue weighted by molar-refractivity contribution is 5.79. The van der Waals surface area contributed by atoms with Crippen molar-refractivity contribution in [3.05, 3.63) is 0 Å². The summed E-state index contributed by atoms with van der Waals surface area (Å²) in [5.41, 5.74) is 5.50. The third-order valence-electron chi connectivity index (χ3n) is 14.0. The van der Waals surface area contributed by atoms with E-state index in [1.807, 2.05) is 5.32 Å². The minimum Gasteiger partial charge on any atom is -0.394 e. The maximum absolute atomic E-state index is 14.0. The first kappa shape index (κ1) is 64.3. The number of carbonyl (C=O) groups is 1. The SMILES string of the molecule is C[C@@H]1O[C@@H](O[C@H]2[C@H](O[C@H]3[C@@H](O)[C@@H](CO)O[C@@H](O[C@H]4[C@@H](O)[C@@H](CO)O[C@H](O[C@@H]5[C@H](O)[C@@H](O)[C@H](O[C@H]6[C@H](O)[C@@H](O)[C@H](OCCCCCN)O[C@@H]6CO)O[C@@H]5CO)[C@@H]4O)[C@@H]3NC(=O)C(F)F)O[C@H](CO)[C@H](O)[C@@H]2O)[C@@H](O)[C@H](O)[C@@H]1O. The number of rotatable bonds is 23. The Kier molecular flexibility index (Phi) is 24.1. The maximum Gasteiger partial charge on any atom is 0.315 e. The summed E-state index contributed by atoms with van der Waals surface area (Å²) in [4.78, 5) is 12.8. The molecule has 0 unspecified atom stereocenters. The average molecular weight is 1140 g/mol. The fourth-order valence-electron chi connectivity index (χ4n) is 9.58. The highest BCUT2D eigenvalue weighted by Crippen LogP contribution is 2.37. The van der Waals surface area contributed by atoms with Gasteiger partial charge in [0, 0.05) is 6.61 Å². The lowest BCUT2D eigenvalue weighted by atomic mass is 9.94. The molecule has 6 aliphatic rings. The van der Waals surface area contributed by atoms with E-state index in [0.29, 0.717) is 25.8 Å². The van der Waals surface area contributed by atoms with Gasteiger partial charge in [0.15, 0.2) is 37.7 Å². The predicted octanol–water partition coefficient (Wildman–Crippen LogP) is -11.5. The van der Waals surface area contributed by atoms with E-state index in [-0.39, 0.29) is 6.61 Å². The van der Waals surface area contributed by atoms with Crippen LogP contribution in [0.25, 0.3) is 0 Å². The zero-order valence-electron chi connectivity index (χ0n) is 41.2. The number of ether oxygens (including phenoxy) is 12. The predicted molar refractivity (Wildman–Crippen MR) is 236 cm³/mol. The van der Waals surface area contributed by atoms with Crippen LogP contribution in [0.15, 0.2) is 0 Å². The first-order valence-electron chi connectivity index (χ1n) is 24.9. The van der Waals surface area contributed by atoms with E-state index in [1.54, 1.807) is 0 Å². The Morgan fingerprint density at radius 3 is 1.42 bits per heavy atom. The second kappa shape index (κ2) is 28.9. The zero-order chi connectivity index (χ0) is 56.7. The van der Waals surface area contributed by atoms with Crippen molar-refractivity contribution in [3.8, 4) is 0 Å². The quantitative estimate of drug-likeness (QED) is 0.0423. The molecule has 20 N–H and O–H groups in total. The molecule has 0 aromatic carbocycles. The van der Waals surface area contributed by atoms with E-state index in [1.165, 1.54) is 6.92 Å². The van der Waals surface area contributed by atoms with Crippen molar-refractivity contribution >= 4 is 5.91 Å². The molecule has 34 heteroatoms. The van der Waals surface area contributed by atoms with Gasteiger partial charge in [-0.25, -0.2) is 0 Å². The molecule has 0 spiro atoms. The Morgan fingerprint density at radius 1 is 0.442 bits per heavy atom. The highest BCUT2D eigenvalue weighted by atomic mass is 19.3. The molecule has 0 aromatic rings. The molecule has 77 heavy (non-hydrogen) atoms. The summed E-state index contributed by atoms with van der Waals surface area (Å²) in [5, 5.41) is 185. The summed E-state index contributed by atoms with van der Waals surface area (Å²) in [5.74, 6) is -2.10. The fourth-order valence-corrected chi connectivity index (χ4v) is 9.58. The van der Waals surface area contributed by atoms with Crippen LogP contribution in [0, 0.1) is 0 Å². The Morgan fingerprint density at radius 2 is 0.857 bits per heavy atom. The van der Waals surface area contributed by atoms with Crippen molar-refractivity contribution in [1.82, 2.24) is 5.32 Å². The Bertz CT molecular complexity index is 1780. The first-order valence-corrected chi connectivity index (χ1v) is 24.9. The number of halogens is 2. The van der Waals surface area contributed by atoms with Crippen LogP contribution in [0.5, 0.6) is 0 Å². The van der Waals surface area contributed by atoms with Gasteiger partial charge in [0.1, 0.15) is 140 Å². The van der Waals surface area contributed by atoms with Gasteiger partial charge in [0.05, 0.1) is 39.1 Å². The summed E-state index contributed by atoms with van der Waals surface area (Å²) < 4.78 is 96.2. The number of alkyl halides is 2. The van der Waals surface area contributed by atoms with Crippen LogP contribution in [-0.4, -0.2) is 330 Å². The van der Waals surface area contributed by atoms with Gasteiger partial charge in [-0.15, -0.1) is 0 Å². The van der Waals surface area contributed by atoms with E-state index in [2.05, 4.69) is 0 Å². The van der Waals surface area contributed by atoms with Gasteiger partial charge in [-0.2, -0.15) is 8.78 Å². The van der Waals surface area contributed by atoms with Crippen molar-refractivity contribution in [1.29, 1.82) is 0 Å². The van der Waals surface area contributed by atoms with Crippen LogP contribution < -0.4 is 11.1 Å². The monoisotopic (exact) mass is 1140 g/mol. The van der Waals surface area contributed by atoms with Crippen LogP contribution in [-0.2, 0) is 61.6 Å². The first-order chi connectivity index (χ1) is 36.6. The molecule has 6 aliphatic heterocycles. The molecule has 32 nitrogen and oxygen atoms in total. The maximum atomic E-state index is 14.0. The van der Waals surface area contributed by atoms with Gasteiger partial charge >= 0.3 is 6.43 Å². The lowest BCUT2D eigenvalue weighted by Crippen LogP contribution is -2.71. The van der Waals surface area contributed by atoms with Gasteiger partial charge in [0.2, 0.25) is 0 Å². The number of amides is 1. The summed E-state index contributed by atoms with van der Waals surface area (Å²) in [6.07, 6.45) is -58.6. The smallest absolute Gasteiger partial charge is 0.315 e. The van der Waals surface area contributed by atoms with Crippen LogP contribution in [0.3, 0.4) is 0 Å². The number of unbranched alkanes of at least 4 members (excludes halogenated alkanes) is 2. The molecule has 0 aromatic heterocycles. The van der Waals surface area contributed by atoms with Crippen LogP contribution in [0.1, 0.15) is 26.2 Å². The number of nitrogens with one attached hydrogen (secondary N) is 1. The molecule has 0 bridgehead atoms. The molecule has 6 fully saturated rings. The number of nitrogens with two attached hydrogens (primary N) is 1. The Balaban J connectivity index is 1.22. The van der Waals surface area contributed by atoms with Crippen molar-refractivity contribution in [2.75, 3.05) is 46.2 Å². The second-order valence-electron chi connectivity index (χ2n) is 19.3. The standard InChI is InChI=1S/C43H74F2N2O30/c1-12-19(53)23(57)27(61)40(67-12)77-35-24(58)20(54)13(7-48)70-43(35)75-33-18(47-37(65)36(44)45)38(68-14(8-49)21(33)55)76-34-22(56)15(9-50)69-42(30(34)64)74-32-17(11-52)72-41(29(63)26(32)60)73-31-16(10-51)71-39(28(62)25(31)59)66-6-4-2-3-5-46/h12-36,38-43,48-64H,2-11,46H2,1H3,(H,47,65)/t12-,13+,14+,15+,16+,17+,18+,19+,20-,21-,22-,23+,24-,25+,26+,27-,28+,29+,30+,31+,32-,33+,34-,35+,38-,39+,40-,41-,42+,43-/m0/s1. The molecule has 1 amide bonds. The van der Waals surface area contributed by atoms with E-state index in [9.17, 15) is 100 Å². The molecule has 30 atom stereocenters. The van der Waals surface area contributed by atoms with E-state index < -0.39 is 230 Å². The third kappa shape index (κ3) is 14.5. The van der Waals surface area contributed by atoms with Crippen LogP contribution in [0.4, 0.5) is 8.78 Å². The number of carbonyl (C=O) groups excluding carboxylic acids is 1.